The van der Waals surface area contributed by atoms with Crippen molar-refractivity contribution in [2.24, 2.45) is 5.92 Å². The highest BCUT2D eigenvalue weighted by atomic mass is 35.5. The van der Waals surface area contributed by atoms with Crippen LogP contribution in [-0.2, 0) is 22.2 Å². The summed E-state index contributed by atoms with van der Waals surface area (Å²) in [7, 11) is 3.43. The fourth-order valence-electron chi connectivity index (χ4n) is 5.10. The van der Waals surface area contributed by atoms with E-state index in [2.05, 4.69) is 15.3 Å². The van der Waals surface area contributed by atoms with Crippen LogP contribution in [0.25, 0.3) is 11.1 Å². The fraction of sp³-hybridized carbons (Fsp3) is 0.452. The molecule has 0 aromatic carbocycles. The first-order chi connectivity index (χ1) is 20.5. The Morgan fingerprint density at radius 1 is 1.11 bits per heavy atom. The molecule has 0 aliphatic rings. The zero-order valence-electron chi connectivity index (χ0n) is 25.5. The number of nitrogens with one attached hydrogen (secondary N) is 1. The fourth-order valence-corrected chi connectivity index (χ4v) is 5.32. The maximum absolute atomic E-state index is 13.9. The Balaban J connectivity index is 2.10. The smallest absolute Gasteiger partial charge is 0.416 e. The molecule has 3 rings (SSSR count). The normalized spacial score (nSPS) is 13.3. The summed E-state index contributed by atoms with van der Waals surface area (Å²) in [5.74, 6) is -2.10. The van der Waals surface area contributed by atoms with E-state index in [0.717, 1.165) is 27.5 Å². The number of aryl methyl sites for hydroxylation is 2. The molecule has 3 heterocycles. The van der Waals surface area contributed by atoms with Crippen LogP contribution in [0.15, 0.2) is 41.6 Å². The van der Waals surface area contributed by atoms with Crippen molar-refractivity contribution in [1.82, 2.24) is 24.8 Å². The number of likely N-dealkylation sites (N-methyl/N-ethyl adjacent to an activating group) is 1. The molecule has 0 spiro atoms. The minimum Gasteiger partial charge on any atom is -0.481 e. The van der Waals surface area contributed by atoms with Crippen LogP contribution in [-0.4, -0.2) is 57.1 Å². The number of hydrogen-bond acceptors (Lipinski definition) is 6. The minimum absolute atomic E-state index is 0.0111. The summed E-state index contributed by atoms with van der Waals surface area (Å²) in [4.78, 5) is 49.0. The minimum atomic E-state index is -4.76. The van der Waals surface area contributed by atoms with E-state index in [1.165, 1.54) is 0 Å². The maximum atomic E-state index is 13.9. The van der Waals surface area contributed by atoms with Gasteiger partial charge in [-0.15, -0.1) is 0 Å². The number of hydrogen-bond donors (Lipinski definition) is 2. The molecule has 44 heavy (non-hydrogen) atoms. The molecule has 0 fully saturated rings. The third-order valence-electron chi connectivity index (χ3n) is 7.11. The number of amides is 1. The van der Waals surface area contributed by atoms with E-state index < -0.39 is 47.7 Å². The highest BCUT2D eigenvalue weighted by Crippen LogP contribution is 2.33. The molecule has 3 aromatic rings. The highest BCUT2D eigenvalue weighted by Gasteiger charge is 2.36. The number of pyridine rings is 3. The van der Waals surface area contributed by atoms with Crippen molar-refractivity contribution < 1.29 is 27.9 Å². The van der Waals surface area contributed by atoms with E-state index >= 15 is 0 Å². The number of carbonyl (C=O) groups is 2. The average Bonchev–Trinajstić information content (AvgIpc) is 2.89. The van der Waals surface area contributed by atoms with Crippen molar-refractivity contribution in [3.8, 4) is 11.1 Å². The Morgan fingerprint density at radius 2 is 1.75 bits per heavy atom. The van der Waals surface area contributed by atoms with Gasteiger partial charge in [0, 0.05) is 31.2 Å². The Bertz CT molecular complexity index is 1550. The molecule has 238 valence electrons. The summed E-state index contributed by atoms with van der Waals surface area (Å²) in [6, 6.07) is 1.40. The largest absolute Gasteiger partial charge is 0.481 e. The molecule has 2 N–H and O–H groups in total. The standard InChI is InChI=1S/C31H37ClF3N5O4/c1-17(2)9-25(40-16-20(7-8-39(5)6)22(12-27(40)41)31(33,34)35)30(44)38-24(13-28(42)43)23-10-21(11-26(32)37-23)29-18(3)14-36-15-19(29)4/h10-12,14-17,24-25H,7-9,13H2,1-6H3,(H,38,44)(H,42,43)/t24-,25-/m0/s1. The number of aromatic nitrogens is 3. The van der Waals surface area contributed by atoms with Gasteiger partial charge in [0.1, 0.15) is 11.2 Å². The number of carboxylic acids is 1. The van der Waals surface area contributed by atoms with Gasteiger partial charge < -0.3 is 19.9 Å². The quantitative estimate of drug-likeness (QED) is 0.248. The molecule has 3 aromatic heterocycles. The third kappa shape index (κ3) is 8.88. The van der Waals surface area contributed by atoms with Gasteiger partial charge in [-0.25, -0.2) is 4.98 Å². The lowest BCUT2D eigenvalue weighted by Gasteiger charge is -2.26. The summed E-state index contributed by atoms with van der Waals surface area (Å²) < 4.78 is 42.6. The summed E-state index contributed by atoms with van der Waals surface area (Å²) in [6.45, 7) is 7.63. The predicted octanol–water partition coefficient (Wildman–Crippen LogP) is 5.62. The maximum Gasteiger partial charge on any atom is 0.416 e. The Morgan fingerprint density at radius 3 is 2.30 bits per heavy atom. The number of halogens is 4. The van der Waals surface area contributed by atoms with Crippen LogP contribution in [0.5, 0.6) is 0 Å². The molecule has 0 saturated heterocycles. The van der Waals surface area contributed by atoms with Gasteiger partial charge in [0.05, 0.1) is 23.7 Å². The van der Waals surface area contributed by atoms with Gasteiger partial charge in [-0.1, -0.05) is 25.4 Å². The first-order valence-electron chi connectivity index (χ1n) is 14.1. The molecule has 2 atom stereocenters. The van der Waals surface area contributed by atoms with E-state index in [1.54, 1.807) is 57.4 Å². The van der Waals surface area contributed by atoms with Crippen molar-refractivity contribution in [2.75, 3.05) is 20.6 Å². The predicted molar refractivity (Wildman–Crippen MR) is 162 cm³/mol. The molecule has 0 saturated carbocycles. The molecule has 0 unspecified atom stereocenters. The molecule has 0 radical (unpaired) electrons. The molecule has 9 nitrogen and oxygen atoms in total. The molecular weight excluding hydrogens is 599 g/mol. The molecule has 13 heteroatoms. The van der Waals surface area contributed by atoms with Crippen molar-refractivity contribution in [1.29, 1.82) is 0 Å². The van der Waals surface area contributed by atoms with Crippen molar-refractivity contribution in [3.05, 3.63) is 80.2 Å². The number of rotatable bonds is 12. The number of carbonyl (C=O) groups excluding carboxylic acids is 1. The van der Waals surface area contributed by atoms with E-state index in [1.807, 2.05) is 13.8 Å². The van der Waals surface area contributed by atoms with Gasteiger partial charge in [0.2, 0.25) is 5.91 Å². The van der Waals surface area contributed by atoms with Gasteiger partial charge in [-0.3, -0.25) is 19.4 Å². The van der Waals surface area contributed by atoms with E-state index in [-0.39, 0.29) is 41.7 Å². The number of aliphatic carboxylic acids is 1. The molecular formula is C31H37ClF3N5O4. The second-order valence-electron chi connectivity index (χ2n) is 11.6. The monoisotopic (exact) mass is 635 g/mol. The first-order valence-corrected chi connectivity index (χ1v) is 14.4. The van der Waals surface area contributed by atoms with Crippen LogP contribution in [0, 0.1) is 19.8 Å². The highest BCUT2D eigenvalue weighted by molar-refractivity contribution is 6.29. The van der Waals surface area contributed by atoms with Gasteiger partial charge >= 0.3 is 12.1 Å². The van der Waals surface area contributed by atoms with E-state index in [4.69, 9.17) is 11.6 Å². The molecule has 0 aliphatic heterocycles. The van der Waals surface area contributed by atoms with Crippen molar-refractivity contribution in [2.45, 2.75) is 65.2 Å². The second kappa shape index (κ2) is 14.3. The lowest BCUT2D eigenvalue weighted by atomic mass is 9.96. The summed E-state index contributed by atoms with van der Waals surface area (Å²) in [5.41, 5.74) is 1.17. The van der Waals surface area contributed by atoms with Gasteiger partial charge in [0.25, 0.3) is 5.56 Å². The number of carboxylic acid groups (broad SMARTS) is 1. The topological polar surface area (TPSA) is 117 Å². The van der Waals surface area contributed by atoms with Crippen LogP contribution < -0.4 is 10.9 Å². The van der Waals surface area contributed by atoms with Crippen molar-refractivity contribution >= 4 is 23.5 Å². The molecule has 1 amide bonds. The van der Waals surface area contributed by atoms with Crippen LogP contribution in [0.1, 0.15) is 66.7 Å². The Kier molecular flexibility index (Phi) is 11.3. The molecule has 0 aliphatic carbocycles. The van der Waals surface area contributed by atoms with Gasteiger partial charge in [-0.2, -0.15) is 13.2 Å². The lowest BCUT2D eigenvalue weighted by Crippen LogP contribution is -2.41. The van der Waals surface area contributed by atoms with Crippen LogP contribution in [0.2, 0.25) is 5.15 Å². The molecule has 0 bridgehead atoms. The summed E-state index contributed by atoms with van der Waals surface area (Å²) in [5, 5.41) is 12.5. The van der Waals surface area contributed by atoms with Crippen molar-refractivity contribution in [3.63, 3.8) is 0 Å². The lowest BCUT2D eigenvalue weighted by molar-refractivity contribution is -0.139. The third-order valence-corrected chi connectivity index (χ3v) is 7.30. The average molecular weight is 636 g/mol. The summed E-state index contributed by atoms with van der Waals surface area (Å²) >= 11 is 6.36. The van der Waals surface area contributed by atoms with E-state index in [9.17, 15) is 32.7 Å². The van der Waals surface area contributed by atoms with E-state index in [0.29, 0.717) is 11.6 Å². The van der Waals surface area contributed by atoms with Crippen LogP contribution in [0.3, 0.4) is 0 Å². The number of alkyl halides is 3. The Hall–Kier alpha value is -3.77. The SMILES string of the molecule is Cc1cncc(C)c1-c1cc(Cl)nc([C@H](CC(=O)O)NC(=O)[C@H](CC(C)C)n2cc(CCN(C)C)c(C(F)(F)F)cc2=O)c1. The van der Waals surface area contributed by atoms with Crippen LogP contribution >= 0.6 is 11.6 Å². The summed E-state index contributed by atoms with van der Waals surface area (Å²) in [6.07, 6.45) is -0.772. The first kappa shape index (κ1) is 34.7. The zero-order valence-corrected chi connectivity index (χ0v) is 26.3. The number of nitrogens with zero attached hydrogens (tertiary/aromatic N) is 4. The van der Waals surface area contributed by atoms with Crippen LogP contribution in [0.4, 0.5) is 13.2 Å². The zero-order chi connectivity index (χ0) is 32.9. The second-order valence-corrected chi connectivity index (χ2v) is 12.0. The Labute approximate surface area is 259 Å². The van der Waals surface area contributed by atoms with Gasteiger partial charge in [0.15, 0.2) is 0 Å². The van der Waals surface area contributed by atoms with Gasteiger partial charge in [-0.05, 0) is 86.7 Å².